The van der Waals surface area contributed by atoms with Gasteiger partial charge in [0.1, 0.15) is 12.4 Å². The van der Waals surface area contributed by atoms with Gasteiger partial charge in [-0.05, 0) is 36.8 Å². The first-order valence-corrected chi connectivity index (χ1v) is 12.7. The number of nitrogens with one attached hydrogen (secondary N) is 1. The Labute approximate surface area is 248 Å². The molecular formula is C26H26F10N2O7. The van der Waals surface area contributed by atoms with Gasteiger partial charge in [-0.15, -0.1) is 13.2 Å². The molecule has 252 valence electrons. The average molecular weight is 668 g/mol. The van der Waals surface area contributed by atoms with Crippen LogP contribution in [0.1, 0.15) is 12.5 Å². The fourth-order valence-corrected chi connectivity index (χ4v) is 3.46. The van der Waals surface area contributed by atoms with Gasteiger partial charge in [0.15, 0.2) is 11.9 Å². The molecule has 0 aliphatic carbocycles. The summed E-state index contributed by atoms with van der Waals surface area (Å²) in [5, 5.41) is 11.2. The Balaban J connectivity index is 2.14. The lowest BCUT2D eigenvalue weighted by Crippen LogP contribution is -2.54. The zero-order chi connectivity index (χ0) is 34.1. The largest absolute Gasteiger partial charge is 0.573 e. The van der Waals surface area contributed by atoms with E-state index in [9.17, 15) is 58.6 Å². The number of carbonyl (C=O) groups excluding carboxylic acids is 1. The first kappa shape index (κ1) is 37.2. The molecule has 2 N–H and O–H groups in total. The van der Waals surface area contributed by atoms with E-state index >= 15 is 0 Å². The number of ether oxygens (including phenoxy) is 4. The van der Waals surface area contributed by atoms with Crippen molar-refractivity contribution in [2.45, 2.75) is 44.0 Å². The van der Waals surface area contributed by atoms with E-state index in [2.05, 4.69) is 9.47 Å². The number of amides is 2. The van der Waals surface area contributed by atoms with Gasteiger partial charge in [0.05, 0.1) is 18.8 Å². The van der Waals surface area contributed by atoms with Crippen LogP contribution in [-0.4, -0.2) is 85.6 Å². The predicted octanol–water partition coefficient (Wildman–Crippen LogP) is 6.34. The molecule has 19 heteroatoms. The van der Waals surface area contributed by atoms with Crippen molar-refractivity contribution >= 4 is 17.7 Å². The number of para-hydroxylation sites is 2. The lowest BCUT2D eigenvalue weighted by atomic mass is 10.1. The lowest BCUT2D eigenvalue weighted by Gasteiger charge is -2.29. The van der Waals surface area contributed by atoms with E-state index in [0.29, 0.717) is 10.5 Å². The first-order valence-electron chi connectivity index (χ1n) is 12.7. The molecule has 0 heterocycles. The Hall–Kier alpha value is -4.00. The van der Waals surface area contributed by atoms with Crippen LogP contribution >= 0.6 is 0 Å². The number of carboxylic acid groups (broad SMARTS) is 1. The van der Waals surface area contributed by atoms with Gasteiger partial charge in [0, 0.05) is 19.6 Å². The van der Waals surface area contributed by atoms with E-state index in [1.165, 1.54) is 30.3 Å². The Bertz CT molecular complexity index is 1260. The highest BCUT2D eigenvalue weighted by atomic mass is 19.4. The second kappa shape index (κ2) is 15.3. The molecule has 2 aromatic rings. The molecular weight excluding hydrogens is 642 g/mol. The number of aliphatic carboxylic acids is 1. The molecule has 9 nitrogen and oxygen atoms in total. The molecule has 1 unspecified atom stereocenters. The van der Waals surface area contributed by atoms with Crippen molar-refractivity contribution in [3.8, 4) is 11.5 Å². The van der Waals surface area contributed by atoms with E-state index < -0.39 is 80.4 Å². The van der Waals surface area contributed by atoms with Gasteiger partial charge in [0.25, 0.3) is 0 Å². The molecule has 0 aliphatic rings. The Morgan fingerprint density at radius 3 is 2.04 bits per heavy atom. The first-order chi connectivity index (χ1) is 20.8. The van der Waals surface area contributed by atoms with Gasteiger partial charge in [-0.2, -0.15) is 30.7 Å². The number of hydrogen-bond acceptors (Lipinski definition) is 6. The number of carbonyl (C=O) groups is 2. The third kappa shape index (κ3) is 11.1. The molecule has 2 amide bonds. The molecule has 0 fully saturated rings. The summed E-state index contributed by atoms with van der Waals surface area (Å²) in [6.45, 7) is -1.86. The highest BCUT2D eigenvalue weighted by Gasteiger charge is 2.74. The summed E-state index contributed by atoms with van der Waals surface area (Å²) >= 11 is 0. The van der Waals surface area contributed by atoms with Gasteiger partial charge in [0.2, 0.25) is 0 Å². The zero-order valence-electron chi connectivity index (χ0n) is 23.1. The minimum Gasteiger partial charge on any atom is -0.492 e. The highest BCUT2D eigenvalue weighted by Crippen LogP contribution is 2.47. The van der Waals surface area contributed by atoms with Crippen molar-refractivity contribution < 1.29 is 77.5 Å². The second-order valence-corrected chi connectivity index (χ2v) is 8.88. The van der Waals surface area contributed by atoms with Crippen molar-refractivity contribution in [3.63, 3.8) is 0 Å². The van der Waals surface area contributed by atoms with Crippen LogP contribution in [-0.2, 0) is 20.7 Å². The smallest absolute Gasteiger partial charge is 0.492 e. The number of alkyl halides is 10. The average Bonchev–Trinajstić information content (AvgIpc) is 2.92. The van der Waals surface area contributed by atoms with Crippen molar-refractivity contribution in [2.75, 3.05) is 38.2 Å². The molecule has 1 atom stereocenters. The summed E-state index contributed by atoms with van der Waals surface area (Å²) in [6.07, 6.45) is -19.0. The van der Waals surface area contributed by atoms with Crippen LogP contribution in [0, 0.1) is 0 Å². The number of hydrogen-bond donors (Lipinski definition) is 2. The minimum absolute atomic E-state index is 0.00888. The number of urea groups is 1. The van der Waals surface area contributed by atoms with Gasteiger partial charge in [-0.3, -0.25) is 0 Å². The molecule has 0 aliphatic heterocycles. The fourth-order valence-electron chi connectivity index (χ4n) is 3.46. The van der Waals surface area contributed by atoms with Crippen LogP contribution in [0.25, 0.3) is 0 Å². The SMILES string of the molecule is CCOC(Cc1ccc(OCCN(CCOC(F)(F)C(F)(F)C(F)(F)F)C(=O)Nc2ccccc2OC(F)(F)F)cc1)C(=O)O. The zero-order valence-corrected chi connectivity index (χ0v) is 23.1. The van der Waals surface area contributed by atoms with Crippen molar-refractivity contribution in [1.82, 2.24) is 4.90 Å². The third-order valence-electron chi connectivity index (χ3n) is 5.63. The van der Waals surface area contributed by atoms with E-state index in [1.807, 2.05) is 5.32 Å². The standard InChI is InChI=1S/C26H26F10N2O7/c1-2-42-20(21(39)40)15-16-7-9-17(10-8-16)43-13-11-38(12-14-44-25(32,33)23(27,28)24(29,30)31)22(41)37-18-5-3-4-6-19(18)45-26(34,35)36/h3-10,20H,2,11-15H2,1H3,(H,37,41)(H,39,40). The van der Waals surface area contributed by atoms with Crippen molar-refractivity contribution in [2.24, 2.45) is 0 Å². The predicted molar refractivity (Wildman–Crippen MR) is 134 cm³/mol. The van der Waals surface area contributed by atoms with Gasteiger partial charge < -0.3 is 34.3 Å². The summed E-state index contributed by atoms with van der Waals surface area (Å²) in [4.78, 5) is 24.6. The summed E-state index contributed by atoms with van der Waals surface area (Å²) in [7, 11) is 0. The van der Waals surface area contributed by atoms with Crippen molar-refractivity contribution in [3.05, 3.63) is 54.1 Å². The number of anilines is 1. The topological polar surface area (TPSA) is 107 Å². The maximum atomic E-state index is 13.6. The van der Waals surface area contributed by atoms with Crippen LogP contribution in [0.15, 0.2) is 48.5 Å². The van der Waals surface area contributed by atoms with Gasteiger partial charge in [-0.1, -0.05) is 24.3 Å². The quantitative estimate of drug-likeness (QED) is 0.201. The summed E-state index contributed by atoms with van der Waals surface area (Å²) in [6, 6.07) is 8.61. The second-order valence-electron chi connectivity index (χ2n) is 8.88. The Morgan fingerprint density at radius 1 is 0.889 bits per heavy atom. The highest BCUT2D eigenvalue weighted by molar-refractivity contribution is 5.91. The molecule has 0 bridgehead atoms. The molecule has 0 spiro atoms. The van der Waals surface area contributed by atoms with Crippen LogP contribution in [0.5, 0.6) is 11.5 Å². The molecule has 45 heavy (non-hydrogen) atoms. The third-order valence-corrected chi connectivity index (χ3v) is 5.63. The normalized spacial score (nSPS) is 13.2. The molecule has 2 rings (SSSR count). The summed E-state index contributed by atoms with van der Waals surface area (Å²) in [5.41, 5.74) is -0.0133. The van der Waals surface area contributed by atoms with E-state index in [1.54, 1.807) is 6.92 Å². The molecule has 0 saturated carbocycles. The maximum absolute atomic E-state index is 13.6. The number of nitrogens with zero attached hydrogens (tertiary/aromatic N) is 1. The Morgan fingerprint density at radius 2 is 1.49 bits per heavy atom. The van der Waals surface area contributed by atoms with Crippen LogP contribution < -0.4 is 14.8 Å². The van der Waals surface area contributed by atoms with E-state index in [0.717, 1.165) is 18.2 Å². The molecule has 2 aromatic carbocycles. The molecule has 0 aromatic heterocycles. The lowest BCUT2D eigenvalue weighted by molar-refractivity contribution is -0.423. The van der Waals surface area contributed by atoms with Crippen molar-refractivity contribution in [1.29, 1.82) is 0 Å². The summed E-state index contributed by atoms with van der Waals surface area (Å²) < 4.78 is 147. The number of halogens is 10. The molecule has 0 radical (unpaired) electrons. The van der Waals surface area contributed by atoms with Crippen LogP contribution in [0.3, 0.4) is 0 Å². The number of benzene rings is 2. The van der Waals surface area contributed by atoms with E-state index in [4.69, 9.17) is 9.47 Å². The molecule has 0 saturated heterocycles. The number of rotatable bonds is 16. The van der Waals surface area contributed by atoms with Gasteiger partial charge in [-0.25, -0.2) is 9.59 Å². The van der Waals surface area contributed by atoms with E-state index in [-0.39, 0.29) is 18.8 Å². The monoisotopic (exact) mass is 668 g/mol. The van der Waals surface area contributed by atoms with Crippen LogP contribution in [0.2, 0.25) is 0 Å². The maximum Gasteiger partial charge on any atom is 0.573 e. The number of carboxylic acids is 1. The van der Waals surface area contributed by atoms with Crippen LogP contribution in [0.4, 0.5) is 54.4 Å². The van der Waals surface area contributed by atoms with Gasteiger partial charge >= 0.3 is 36.6 Å². The Kier molecular flexibility index (Phi) is 12.7. The fraction of sp³-hybridized carbons (Fsp3) is 0.462. The summed E-state index contributed by atoms with van der Waals surface area (Å²) in [5.74, 6) is -8.49. The minimum atomic E-state index is -6.67.